The van der Waals surface area contributed by atoms with Crippen molar-refractivity contribution in [2.45, 2.75) is 75.9 Å². The Hall–Kier alpha value is -4.00. The van der Waals surface area contributed by atoms with E-state index < -0.39 is 5.60 Å². The third kappa shape index (κ3) is 9.30. The van der Waals surface area contributed by atoms with E-state index in [1.54, 1.807) is 0 Å². The van der Waals surface area contributed by atoms with E-state index in [0.29, 0.717) is 13.2 Å². The summed E-state index contributed by atoms with van der Waals surface area (Å²) in [4.78, 5) is 0. The molecule has 1 aliphatic heterocycles. The van der Waals surface area contributed by atoms with Crippen molar-refractivity contribution in [3.63, 3.8) is 0 Å². The summed E-state index contributed by atoms with van der Waals surface area (Å²) in [5.41, 5.74) is 0.624. The molecule has 0 aromatic heterocycles. The highest BCUT2D eigenvalue weighted by Gasteiger charge is 2.41. The fourth-order valence-corrected chi connectivity index (χ4v) is 6.54. The summed E-state index contributed by atoms with van der Waals surface area (Å²) < 4.78 is 22.5. The second kappa shape index (κ2) is 17.8. The van der Waals surface area contributed by atoms with Crippen LogP contribution in [0.1, 0.15) is 75.3 Å². The summed E-state index contributed by atoms with van der Waals surface area (Å²) in [5, 5.41) is 20.6. The van der Waals surface area contributed by atoms with Crippen molar-refractivity contribution in [1.82, 2.24) is 5.32 Å². The van der Waals surface area contributed by atoms with Gasteiger partial charge in [-0.05, 0) is 140 Å². The lowest BCUT2D eigenvalue weighted by Crippen LogP contribution is -2.46. The maximum absolute atomic E-state index is 12.6. The molecular weight excluding hydrogens is 586 g/mol. The Kier molecular flexibility index (Phi) is 13.0. The van der Waals surface area contributed by atoms with Gasteiger partial charge in [-0.2, -0.15) is 0 Å². The Morgan fingerprint density at radius 1 is 0.617 bits per heavy atom. The Labute approximate surface area is 280 Å². The van der Waals surface area contributed by atoms with Crippen molar-refractivity contribution in [2.24, 2.45) is 0 Å². The molecule has 0 spiro atoms. The lowest BCUT2D eigenvalue weighted by molar-refractivity contribution is 0.0445. The minimum absolute atomic E-state index is 0.0747. The summed E-state index contributed by atoms with van der Waals surface area (Å²) in [5.74, 6) is 1.75. The summed E-state index contributed by atoms with van der Waals surface area (Å²) in [6, 6.07) is 25.0. The van der Waals surface area contributed by atoms with Gasteiger partial charge in [0.05, 0.1) is 39.0 Å². The van der Waals surface area contributed by atoms with Crippen LogP contribution in [0.3, 0.4) is 0 Å². The predicted octanol–water partition coefficient (Wildman–Crippen LogP) is 9.18. The largest absolute Gasteiger partial charge is 0.502 e. The number of rotatable bonds is 21. The molecule has 250 valence electrons. The molecule has 0 saturated carbocycles. The maximum Gasteiger partial charge on any atom is 0.130 e. The van der Waals surface area contributed by atoms with Crippen LogP contribution in [0.2, 0.25) is 0 Å². The zero-order valence-corrected chi connectivity index (χ0v) is 27.8. The van der Waals surface area contributed by atoms with Crippen molar-refractivity contribution < 1.29 is 24.1 Å². The van der Waals surface area contributed by atoms with Crippen molar-refractivity contribution in [2.75, 3.05) is 33.0 Å². The van der Waals surface area contributed by atoms with E-state index in [1.807, 2.05) is 12.1 Å². The van der Waals surface area contributed by atoms with Crippen molar-refractivity contribution >= 4 is 21.5 Å². The molecule has 1 saturated heterocycles. The molecule has 1 fully saturated rings. The van der Waals surface area contributed by atoms with Gasteiger partial charge in [0.2, 0.25) is 0 Å². The summed E-state index contributed by atoms with van der Waals surface area (Å²) in [6.07, 6.45) is 13.5. The van der Waals surface area contributed by atoms with Gasteiger partial charge >= 0.3 is 0 Å². The van der Waals surface area contributed by atoms with Gasteiger partial charge in [0.25, 0.3) is 0 Å². The second-order valence-corrected chi connectivity index (χ2v) is 12.5. The van der Waals surface area contributed by atoms with E-state index in [2.05, 4.69) is 79.1 Å². The number of hydrogen-bond donors (Lipinski definition) is 2. The third-order valence-electron chi connectivity index (χ3n) is 9.15. The molecular formula is C41H51NO5. The van der Waals surface area contributed by atoms with E-state index in [-0.39, 0.29) is 6.04 Å². The zero-order valence-electron chi connectivity index (χ0n) is 27.8. The number of aliphatic hydroxyl groups is 1. The van der Waals surface area contributed by atoms with Crippen LogP contribution in [0.15, 0.2) is 98.5 Å². The van der Waals surface area contributed by atoms with Gasteiger partial charge in [-0.25, -0.2) is 0 Å². The minimum atomic E-state index is -1.17. The number of ether oxygens (including phenoxy) is 4. The van der Waals surface area contributed by atoms with Gasteiger partial charge in [0, 0.05) is 6.04 Å². The molecule has 1 aliphatic rings. The molecule has 0 radical (unpaired) electrons. The number of unbranched alkanes of at least 4 members (excludes halogenated alkanes) is 6. The van der Waals surface area contributed by atoms with Crippen LogP contribution < -0.4 is 14.8 Å². The molecule has 0 bridgehead atoms. The maximum atomic E-state index is 12.6. The second-order valence-electron chi connectivity index (χ2n) is 12.5. The summed E-state index contributed by atoms with van der Waals surface area (Å²) in [6.45, 7) is 10.9. The highest BCUT2D eigenvalue weighted by molar-refractivity contribution is 5.86. The lowest BCUT2D eigenvalue weighted by atomic mass is 9.78. The molecule has 5 rings (SSSR count). The van der Waals surface area contributed by atoms with Gasteiger partial charge in [-0.1, -0.05) is 49.6 Å². The van der Waals surface area contributed by atoms with Gasteiger partial charge in [0.15, 0.2) is 0 Å². The van der Waals surface area contributed by atoms with Gasteiger partial charge in [-0.15, -0.1) is 0 Å². The Morgan fingerprint density at radius 2 is 1.06 bits per heavy atom. The molecule has 1 heterocycles. The minimum Gasteiger partial charge on any atom is -0.502 e. The van der Waals surface area contributed by atoms with Crippen LogP contribution in [0, 0.1) is 0 Å². The Morgan fingerprint density at radius 3 is 1.51 bits per heavy atom. The number of nitrogens with one attached hydrogen (secondary N) is 1. The average Bonchev–Trinajstić information content (AvgIpc) is 3.66. The quantitative estimate of drug-likeness (QED) is 0.0701. The molecule has 0 aliphatic carbocycles. The molecule has 4 aromatic carbocycles. The van der Waals surface area contributed by atoms with Crippen LogP contribution >= 0.6 is 0 Å². The van der Waals surface area contributed by atoms with Crippen molar-refractivity contribution in [3.05, 3.63) is 110 Å². The monoisotopic (exact) mass is 637 g/mol. The first-order valence-electron chi connectivity index (χ1n) is 17.4. The first-order chi connectivity index (χ1) is 23.1. The summed E-state index contributed by atoms with van der Waals surface area (Å²) >= 11 is 0. The zero-order chi connectivity index (χ0) is 32.7. The van der Waals surface area contributed by atoms with E-state index >= 15 is 0 Å². The summed E-state index contributed by atoms with van der Waals surface area (Å²) in [7, 11) is 0. The topological polar surface area (TPSA) is 69.2 Å². The molecule has 4 aromatic rings. The Bertz CT molecular complexity index is 1470. The SMILES string of the molecule is C=COCCCCCCOc1ccc2cc(C(O)(c3ccc4cc(OCCCCCCOC=C)ccc4c3)[C@@H]3CCCN3)ccc2c1. The van der Waals surface area contributed by atoms with Crippen LogP contribution in [-0.2, 0) is 15.1 Å². The van der Waals surface area contributed by atoms with E-state index in [9.17, 15) is 5.11 Å². The van der Waals surface area contributed by atoms with Crippen molar-refractivity contribution in [3.8, 4) is 11.5 Å². The molecule has 1 atom stereocenters. The molecule has 6 heteroatoms. The molecule has 2 N–H and O–H groups in total. The number of hydrogen-bond acceptors (Lipinski definition) is 6. The third-order valence-corrected chi connectivity index (χ3v) is 9.15. The van der Waals surface area contributed by atoms with Gasteiger partial charge < -0.3 is 29.4 Å². The number of fused-ring (bicyclic) bond motifs is 2. The smallest absolute Gasteiger partial charge is 0.130 e. The first-order valence-corrected chi connectivity index (χ1v) is 17.4. The normalized spacial score (nSPS) is 14.7. The molecule has 0 amide bonds. The fraction of sp³-hybridized carbons (Fsp3) is 0.415. The van der Waals surface area contributed by atoms with E-state index in [1.165, 1.54) is 12.5 Å². The first kappa shape index (κ1) is 34.3. The highest BCUT2D eigenvalue weighted by atomic mass is 16.5. The van der Waals surface area contributed by atoms with E-state index in [4.69, 9.17) is 18.9 Å². The van der Waals surface area contributed by atoms with Gasteiger partial charge in [0.1, 0.15) is 17.1 Å². The molecule has 0 unspecified atom stereocenters. The van der Waals surface area contributed by atoms with Gasteiger partial charge in [-0.3, -0.25) is 0 Å². The predicted molar refractivity (Wildman–Crippen MR) is 192 cm³/mol. The average molecular weight is 638 g/mol. The van der Waals surface area contributed by atoms with E-state index in [0.717, 1.165) is 128 Å². The van der Waals surface area contributed by atoms with Crippen LogP contribution in [-0.4, -0.2) is 44.1 Å². The molecule has 47 heavy (non-hydrogen) atoms. The lowest BCUT2D eigenvalue weighted by Gasteiger charge is -2.36. The van der Waals surface area contributed by atoms with Crippen molar-refractivity contribution in [1.29, 1.82) is 0 Å². The van der Waals surface area contributed by atoms with Crippen LogP contribution in [0.25, 0.3) is 21.5 Å². The Balaban J connectivity index is 1.25. The number of benzene rings is 4. The standard InChI is InChI=1S/C41H51NO5/c1-3-44-24-9-5-7-11-26-46-38-21-17-32-28-36(19-15-34(32)30-38)41(43,40-14-13-23-42-40)37-20-16-35-31-39(22-18-33(35)29-37)47-27-12-8-6-10-25-45-4-2/h3-4,15-22,28-31,40,42-43H,1-2,5-14,23-27H2/t40-/m0/s1. The molecule has 6 nitrogen and oxygen atoms in total. The fourth-order valence-electron chi connectivity index (χ4n) is 6.54. The van der Waals surface area contributed by atoms with Crippen LogP contribution in [0.4, 0.5) is 0 Å². The highest BCUT2D eigenvalue weighted by Crippen LogP contribution is 2.39. The van der Waals surface area contributed by atoms with Crippen LogP contribution in [0.5, 0.6) is 11.5 Å².